The van der Waals surface area contributed by atoms with Gasteiger partial charge in [0.15, 0.2) is 0 Å². The maximum absolute atomic E-state index is 14.1. The molecule has 0 radical (unpaired) electrons. The Bertz CT molecular complexity index is 758. The molecule has 1 atom stereocenters. The first kappa shape index (κ1) is 15.6. The summed E-state index contributed by atoms with van der Waals surface area (Å²) in [6.45, 7) is 1.37. The van der Waals surface area contributed by atoms with E-state index in [0.29, 0.717) is 6.42 Å². The maximum atomic E-state index is 14.1. The molecule has 5 heteroatoms. The largest absolute Gasteiger partial charge is 0.462 e. The van der Waals surface area contributed by atoms with Gasteiger partial charge in [-0.25, -0.2) is 4.79 Å². The van der Waals surface area contributed by atoms with E-state index in [1.165, 1.54) is 6.92 Å². The molecular weight excluding hydrogens is 300 g/mol. The smallest absolute Gasteiger partial charge is 0.379 e. The van der Waals surface area contributed by atoms with Crippen molar-refractivity contribution in [1.82, 2.24) is 0 Å². The Morgan fingerprint density at radius 3 is 2.65 bits per heavy atom. The molecule has 3 rings (SSSR count). The standard InChI is InChI=1S/C18H17F2NO2/c1-2-23-17(22)18(19,20)16(21)12-7-8-15-13(10-12)9-11-5-3-4-6-14(11)15/h3-8,10,16H,2,9,21H2,1H3/t16-/m0/s1. The highest BCUT2D eigenvalue weighted by Gasteiger charge is 2.47. The van der Waals surface area contributed by atoms with Crippen molar-refractivity contribution in [3.05, 3.63) is 59.2 Å². The number of fused-ring (bicyclic) bond motifs is 3. The second-order valence-corrected chi connectivity index (χ2v) is 5.57. The van der Waals surface area contributed by atoms with Gasteiger partial charge >= 0.3 is 11.9 Å². The van der Waals surface area contributed by atoms with Crippen molar-refractivity contribution in [1.29, 1.82) is 0 Å². The fraction of sp³-hybridized carbons (Fsp3) is 0.278. The van der Waals surface area contributed by atoms with Gasteiger partial charge in [-0.05, 0) is 41.2 Å². The van der Waals surface area contributed by atoms with E-state index < -0.39 is 17.9 Å². The third kappa shape index (κ3) is 2.61. The Labute approximate surface area is 133 Å². The van der Waals surface area contributed by atoms with Gasteiger partial charge in [-0.1, -0.05) is 42.5 Å². The van der Waals surface area contributed by atoms with Gasteiger partial charge in [0.05, 0.1) is 6.61 Å². The van der Waals surface area contributed by atoms with Crippen LogP contribution >= 0.6 is 0 Å². The molecule has 2 aromatic rings. The third-order valence-electron chi connectivity index (χ3n) is 4.12. The summed E-state index contributed by atoms with van der Waals surface area (Å²) in [6, 6.07) is 11.2. The van der Waals surface area contributed by atoms with E-state index in [9.17, 15) is 13.6 Å². The van der Waals surface area contributed by atoms with E-state index in [1.807, 2.05) is 24.3 Å². The fourth-order valence-electron chi connectivity index (χ4n) is 2.92. The minimum absolute atomic E-state index is 0.110. The van der Waals surface area contributed by atoms with Crippen LogP contribution in [-0.4, -0.2) is 18.5 Å². The second kappa shape index (κ2) is 5.74. The molecule has 0 saturated carbocycles. The van der Waals surface area contributed by atoms with Crippen molar-refractivity contribution in [2.75, 3.05) is 6.61 Å². The summed E-state index contributed by atoms with van der Waals surface area (Å²) >= 11 is 0. The van der Waals surface area contributed by atoms with E-state index in [4.69, 9.17) is 5.73 Å². The van der Waals surface area contributed by atoms with Crippen molar-refractivity contribution >= 4 is 5.97 Å². The van der Waals surface area contributed by atoms with E-state index >= 15 is 0 Å². The normalized spacial score (nSPS) is 14.1. The van der Waals surface area contributed by atoms with Crippen molar-refractivity contribution < 1.29 is 18.3 Å². The van der Waals surface area contributed by atoms with Crippen molar-refractivity contribution in [3.8, 4) is 11.1 Å². The van der Waals surface area contributed by atoms with Crippen molar-refractivity contribution in [3.63, 3.8) is 0 Å². The Kier molecular flexibility index (Phi) is 3.90. The van der Waals surface area contributed by atoms with Crippen LogP contribution < -0.4 is 5.73 Å². The average Bonchev–Trinajstić information content (AvgIpc) is 2.91. The minimum Gasteiger partial charge on any atom is -0.462 e. The highest BCUT2D eigenvalue weighted by atomic mass is 19.3. The molecule has 0 aromatic heterocycles. The SMILES string of the molecule is CCOC(=O)C(F)(F)[C@@H](N)c1ccc2c(c1)Cc1ccccc1-2. The highest BCUT2D eigenvalue weighted by Crippen LogP contribution is 2.39. The predicted molar refractivity (Wildman–Crippen MR) is 83.2 cm³/mol. The lowest BCUT2D eigenvalue weighted by Crippen LogP contribution is -2.41. The number of benzene rings is 2. The van der Waals surface area contributed by atoms with Crippen LogP contribution in [0.3, 0.4) is 0 Å². The lowest BCUT2D eigenvalue weighted by Gasteiger charge is -2.22. The number of esters is 1. The number of hydrogen-bond donors (Lipinski definition) is 1. The second-order valence-electron chi connectivity index (χ2n) is 5.57. The van der Waals surface area contributed by atoms with E-state index in [1.54, 1.807) is 18.2 Å². The Hall–Kier alpha value is -2.27. The number of halogens is 2. The minimum atomic E-state index is -3.75. The van der Waals surface area contributed by atoms with Crippen LogP contribution in [0.2, 0.25) is 0 Å². The first-order valence-electron chi connectivity index (χ1n) is 7.47. The average molecular weight is 317 g/mol. The van der Waals surface area contributed by atoms with Crippen LogP contribution in [0.25, 0.3) is 11.1 Å². The molecule has 0 spiro atoms. The summed E-state index contributed by atoms with van der Waals surface area (Å²) in [5.41, 5.74) is 10.1. The summed E-state index contributed by atoms with van der Waals surface area (Å²) in [5, 5.41) is 0. The van der Waals surface area contributed by atoms with Gasteiger partial charge in [-0.15, -0.1) is 0 Å². The summed E-state index contributed by atoms with van der Waals surface area (Å²) in [4.78, 5) is 11.4. The maximum Gasteiger partial charge on any atom is 0.379 e. The first-order valence-corrected chi connectivity index (χ1v) is 7.47. The third-order valence-corrected chi connectivity index (χ3v) is 4.12. The van der Waals surface area contributed by atoms with Crippen LogP contribution in [0, 0.1) is 0 Å². The van der Waals surface area contributed by atoms with Gasteiger partial charge < -0.3 is 10.5 Å². The van der Waals surface area contributed by atoms with Gasteiger partial charge in [0.2, 0.25) is 0 Å². The molecular formula is C18H17F2NO2. The monoisotopic (exact) mass is 317 g/mol. The molecule has 0 unspecified atom stereocenters. The summed E-state index contributed by atoms with van der Waals surface area (Å²) < 4.78 is 32.6. The molecule has 1 aliphatic rings. The zero-order valence-corrected chi connectivity index (χ0v) is 12.7. The fourth-order valence-corrected chi connectivity index (χ4v) is 2.92. The number of carbonyl (C=O) groups excluding carboxylic acids is 1. The molecule has 1 aliphatic carbocycles. The summed E-state index contributed by atoms with van der Waals surface area (Å²) in [7, 11) is 0. The van der Waals surface area contributed by atoms with Crippen LogP contribution in [-0.2, 0) is 16.0 Å². The molecule has 0 fully saturated rings. The zero-order chi connectivity index (χ0) is 16.6. The van der Waals surface area contributed by atoms with E-state index in [2.05, 4.69) is 4.74 Å². The Balaban J connectivity index is 1.92. The number of ether oxygens (including phenoxy) is 1. The Morgan fingerprint density at radius 1 is 1.22 bits per heavy atom. The van der Waals surface area contributed by atoms with Crippen LogP contribution in [0.4, 0.5) is 8.78 Å². The first-order chi connectivity index (χ1) is 10.9. The predicted octanol–water partition coefficient (Wildman–Crippen LogP) is 3.46. The topological polar surface area (TPSA) is 52.3 Å². The molecule has 0 amide bonds. The quantitative estimate of drug-likeness (QED) is 0.750. The van der Waals surface area contributed by atoms with Crippen LogP contribution in [0.15, 0.2) is 42.5 Å². The van der Waals surface area contributed by atoms with E-state index in [-0.39, 0.29) is 12.2 Å². The number of carbonyl (C=O) groups is 1. The molecule has 3 nitrogen and oxygen atoms in total. The Morgan fingerprint density at radius 2 is 1.91 bits per heavy atom. The summed E-state index contributed by atoms with van der Waals surface area (Å²) in [5.74, 6) is -5.34. The molecule has 0 heterocycles. The lowest BCUT2D eigenvalue weighted by atomic mass is 9.96. The molecule has 120 valence electrons. The number of hydrogen-bond acceptors (Lipinski definition) is 3. The van der Waals surface area contributed by atoms with Crippen molar-refractivity contribution in [2.24, 2.45) is 5.73 Å². The van der Waals surface area contributed by atoms with E-state index in [0.717, 1.165) is 22.3 Å². The van der Waals surface area contributed by atoms with Gasteiger partial charge in [-0.3, -0.25) is 0 Å². The number of rotatable bonds is 4. The van der Waals surface area contributed by atoms with Gasteiger partial charge in [-0.2, -0.15) is 8.78 Å². The highest BCUT2D eigenvalue weighted by molar-refractivity contribution is 5.80. The number of alkyl halides is 2. The number of nitrogens with two attached hydrogens (primary N) is 1. The van der Waals surface area contributed by atoms with Gasteiger partial charge in [0.1, 0.15) is 6.04 Å². The summed E-state index contributed by atoms with van der Waals surface area (Å²) in [6.07, 6.45) is 0.678. The van der Waals surface area contributed by atoms with Gasteiger partial charge in [0.25, 0.3) is 0 Å². The molecule has 23 heavy (non-hydrogen) atoms. The molecule has 2 N–H and O–H groups in total. The molecule has 0 aliphatic heterocycles. The zero-order valence-electron chi connectivity index (χ0n) is 12.7. The van der Waals surface area contributed by atoms with Crippen molar-refractivity contribution in [2.45, 2.75) is 25.3 Å². The van der Waals surface area contributed by atoms with Crippen LogP contribution in [0.1, 0.15) is 29.7 Å². The van der Waals surface area contributed by atoms with Crippen LogP contribution in [0.5, 0.6) is 0 Å². The molecule has 2 aromatic carbocycles. The van der Waals surface area contributed by atoms with Gasteiger partial charge in [0, 0.05) is 0 Å². The molecule has 0 saturated heterocycles. The molecule has 0 bridgehead atoms. The lowest BCUT2D eigenvalue weighted by molar-refractivity contribution is -0.174.